The largest absolute Gasteiger partial charge is 0.497 e. The Balaban J connectivity index is 1.61. The highest BCUT2D eigenvalue weighted by atomic mass is 32.2. The van der Waals surface area contributed by atoms with Gasteiger partial charge in [-0.25, -0.2) is 0 Å². The van der Waals surface area contributed by atoms with Crippen LogP contribution in [0, 0.1) is 6.92 Å². The van der Waals surface area contributed by atoms with Crippen molar-refractivity contribution in [3.63, 3.8) is 0 Å². The fourth-order valence-corrected chi connectivity index (χ4v) is 3.23. The number of thioether (sulfide) groups is 1. The zero-order chi connectivity index (χ0) is 18.4. The van der Waals surface area contributed by atoms with Gasteiger partial charge in [-0.1, -0.05) is 17.8 Å². The van der Waals surface area contributed by atoms with Gasteiger partial charge in [0.1, 0.15) is 17.3 Å². The molecule has 0 atom stereocenters. The summed E-state index contributed by atoms with van der Waals surface area (Å²) in [5.74, 6) is 3.99. The van der Waals surface area contributed by atoms with Crippen molar-refractivity contribution in [1.29, 1.82) is 0 Å². The maximum Gasteiger partial charge on any atom is 0.191 e. The Morgan fingerprint density at radius 1 is 1.19 bits per heavy atom. The van der Waals surface area contributed by atoms with Gasteiger partial charge in [0.15, 0.2) is 11.0 Å². The number of benzene rings is 1. The molecule has 26 heavy (non-hydrogen) atoms. The van der Waals surface area contributed by atoms with E-state index in [0.29, 0.717) is 13.2 Å². The van der Waals surface area contributed by atoms with E-state index in [4.69, 9.17) is 13.9 Å². The van der Waals surface area contributed by atoms with Crippen LogP contribution in [-0.2, 0) is 6.54 Å². The quantitative estimate of drug-likeness (QED) is 0.319. The number of hydrogen-bond donors (Lipinski definition) is 0. The highest BCUT2D eigenvalue weighted by Crippen LogP contribution is 2.27. The first-order valence-electron chi connectivity index (χ1n) is 8.21. The van der Waals surface area contributed by atoms with E-state index in [-0.39, 0.29) is 0 Å². The van der Waals surface area contributed by atoms with Crippen molar-refractivity contribution >= 4 is 11.8 Å². The number of allylic oxidation sites excluding steroid dienone is 1. The lowest BCUT2D eigenvalue weighted by molar-refractivity contribution is 0.342. The first-order chi connectivity index (χ1) is 12.7. The predicted molar refractivity (Wildman–Crippen MR) is 102 cm³/mol. The van der Waals surface area contributed by atoms with Gasteiger partial charge in [0.2, 0.25) is 0 Å². The van der Waals surface area contributed by atoms with E-state index in [1.807, 2.05) is 47.9 Å². The zero-order valence-corrected chi connectivity index (χ0v) is 15.7. The smallest absolute Gasteiger partial charge is 0.191 e. The maximum absolute atomic E-state index is 5.76. The van der Waals surface area contributed by atoms with E-state index in [2.05, 4.69) is 16.8 Å². The highest BCUT2D eigenvalue weighted by Gasteiger charge is 2.16. The average molecular weight is 371 g/mol. The lowest BCUT2D eigenvalue weighted by Gasteiger charge is -2.08. The summed E-state index contributed by atoms with van der Waals surface area (Å²) in [5, 5.41) is 9.47. The van der Waals surface area contributed by atoms with E-state index < -0.39 is 0 Å². The van der Waals surface area contributed by atoms with Crippen molar-refractivity contribution < 1.29 is 13.9 Å². The monoisotopic (exact) mass is 371 g/mol. The molecule has 6 nitrogen and oxygen atoms in total. The van der Waals surface area contributed by atoms with Crippen molar-refractivity contribution in [2.24, 2.45) is 0 Å². The summed E-state index contributed by atoms with van der Waals surface area (Å²) in [5.41, 5.74) is 0.945. The summed E-state index contributed by atoms with van der Waals surface area (Å²) in [6.07, 6.45) is 3.49. The molecule has 0 aliphatic heterocycles. The van der Waals surface area contributed by atoms with Gasteiger partial charge in [0.05, 0.1) is 25.5 Å². The number of furan rings is 1. The lowest BCUT2D eigenvalue weighted by Crippen LogP contribution is -2.04. The summed E-state index contributed by atoms with van der Waals surface area (Å²) < 4.78 is 18.3. The number of ether oxygens (including phenoxy) is 2. The number of hydrogen-bond acceptors (Lipinski definition) is 6. The van der Waals surface area contributed by atoms with Crippen LogP contribution in [0.15, 0.2) is 58.8 Å². The van der Waals surface area contributed by atoms with Gasteiger partial charge in [-0.2, -0.15) is 0 Å². The van der Waals surface area contributed by atoms with Gasteiger partial charge in [-0.15, -0.1) is 16.8 Å². The molecule has 2 aromatic heterocycles. The van der Waals surface area contributed by atoms with Crippen LogP contribution in [0.5, 0.6) is 11.5 Å². The standard InChI is InChI=1S/C19H21N3O3S/c1-4-10-22-18(17-9-11-24-14(17)2)20-21-19(22)26-13-12-25-16-7-5-15(23-3)6-8-16/h4-9,11H,1,10,12-13H2,2-3H3. The third kappa shape index (κ3) is 4.11. The summed E-state index contributed by atoms with van der Waals surface area (Å²) >= 11 is 1.60. The summed E-state index contributed by atoms with van der Waals surface area (Å²) in [6, 6.07) is 9.44. The number of aromatic nitrogens is 3. The Morgan fingerprint density at radius 3 is 2.62 bits per heavy atom. The zero-order valence-electron chi connectivity index (χ0n) is 14.8. The Hall–Kier alpha value is -2.67. The second kappa shape index (κ2) is 8.62. The van der Waals surface area contributed by atoms with Crippen LogP contribution < -0.4 is 9.47 Å². The van der Waals surface area contributed by atoms with Gasteiger partial charge in [-0.05, 0) is 37.3 Å². The van der Waals surface area contributed by atoms with Crippen molar-refractivity contribution in [2.45, 2.75) is 18.6 Å². The molecule has 0 spiro atoms. The normalized spacial score (nSPS) is 10.7. The molecule has 0 aliphatic carbocycles. The molecule has 0 unspecified atom stereocenters. The van der Waals surface area contributed by atoms with E-state index >= 15 is 0 Å². The minimum atomic E-state index is 0.567. The summed E-state index contributed by atoms with van der Waals surface area (Å²) in [4.78, 5) is 0. The first-order valence-corrected chi connectivity index (χ1v) is 9.19. The van der Waals surface area contributed by atoms with E-state index in [1.165, 1.54) is 0 Å². The lowest BCUT2D eigenvalue weighted by atomic mass is 10.2. The van der Waals surface area contributed by atoms with Crippen molar-refractivity contribution in [3.8, 4) is 22.9 Å². The van der Waals surface area contributed by atoms with Crippen LogP contribution in [-0.4, -0.2) is 34.2 Å². The second-order valence-corrected chi connectivity index (χ2v) is 6.53. The molecule has 1 aromatic carbocycles. The molecule has 0 saturated carbocycles. The van der Waals surface area contributed by atoms with Crippen molar-refractivity contribution in [3.05, 3.63) is 55.0 Å². The van der Waals surface area contributed by atoms with Gasteiger partial charge in [-0.3, -0.25) is 4.57 Å². The minimum Gasteiger partial charge on any atom is -0.497 e. The number of nitrogens with zero attached hydrogens (tertiary/aromatic N) is 3. The molecule has 0 aliphatic rings. The van der Waals surface area contributed by atoms with Crippen LogP contribution in [0.2, 0.25) is 0 Å². The first kappa shape index (κ1) is 18.1. The third-order valence-corrected chi connectivity index (χ3v) is 4.70. The Kier molecular flexibility index (Phi) is 6.01. The highest BCUT2D eigenvalue weighted by molar-refractivity contribution is 7.99. The second-order valence-electron chi connectivity index (χ2n) is 5.47. The van der Waals surface area contributed by atoms with E-state index in [1.54, 1.807) is 25.1 Å². The number of rotatable bonds is 9. The third-order valence-electron chi connectivity index (χ3n) is 3.77. The molecule has 0 fully saturated rings. The van der Waals surface area contributed by atoms with Gasteiger partial charge in [0.25, 0.3) is 0 Å². The molecular formula is C19H21N3O3S. The number of methoxy groups -OCH3 is 1. The molecule has 2 heterocycles. The Morgan fingerprint density at radius 2 is 1.96 bits per heavy atom. The molecule has 0 radical (unpaired) electrons. The molecule has 3 rings (SSSR count). The Labute approximate surface area is 156 Å². The van der Waals surface area contributed by atoms with E-state index in [0.717, 1.165) is 39.6 Å². The van der Waals surface area contributed by atoms with Crippen LogP contribution in [0.3, 0.4) is 0 Å². The minimum absolute atomic E-state index is 0.567. The molecule has 0 N–H and O–H groups in total. The molecule has 0 bridgehead atoms. The molecule has 136 valence electrons. The average Bonchev–Trinajstić information content (AvgIpc) is 3.25. The van der Waals surface area contributed by atoms with Gasteiger partial charge >= 0.3 is 0 Å². The molecule has 0 saturated heterocycles. The molecule has 0 amide bonds. The topological polar surface area (TPSA) is 62.3 Å². The number of aryl methyl sites for hydroxylation is 1. The summed E-state index contributed by atoms with van der Waals surface area (Å²) in [7, 11) is 1.64. The molecule has 3 aromatic rings. The predicted octanol–water partition coefficient (Wildman–Crippen LogP) is 4.21. The van der Waals surface area contributed by atoms with Crippen LogP contribution >= 0.6 is 11.8 Å². The van der Waals surface area contributed by atoms with Crippen molar-refractivity contribution in [2.75, 3.05) is 19.5 Å². The van der Waals surface area contributed by atoms with Crippen molar-refractivity contribution in [1.82, 2.24) is 14.8 Å². The molecular weight excluding hydrogens is 350 g/mol. The van der Waals surface area contributed by atoms with Crippen LogP contribution in [0.25, 0.3) is 11.4 Å². The SMILES string of the molecule is C=CCn1c(SCCOc2ccc(OC)cc2)nnc1-c1ccoc1C. The van der Waals surface area contributed by atoms with Gasteiger partial charge in [0, 0.05) is 12.3 Å². The molecule has 7 heteroatoms. The maximum atomic E-state index is 5.76. The van der Waals surface area contributed by atoms with Crippen LogP contribution in [0.1, 0.15) is 5.76 Å². The van der Waals surface area contributed by atoms with Crippen LogP contribution in [0.4, 0.5) is 0 Å². The summed E-state index contributed by atoms with van der Waals surface area (Å²) in [6.45, 7) is 6.94. The van der Waals surface area contributed by atoms with Gasteiger partial charge < -0.3 is 13.9 Å². The Bertz CT molecular complexity index is 855. The fraction of sp³-hybridized carbons (Fsp3) is 0.263. The fourth-order valence-electron chi connectivity index (χ4n) is 2.47. The van der Waals surface area contributed by atoms with E-state index in [9.17, 15) is 0 Å².